The summed E-state index contributed by atoms with van der Waals surface area (Å²) in [5.41, 5.74) is 0.820. The number of rotatable bonds is 7. The quantitative estimate of drug-likeness (QED) is 0.807. The molecule has 6 nitrogen and oxygen atoms in total. The molecule has 27 heavy (non-hydrogen) atoms. The second-order valence-corrected chi connectivity index (χ2v) is 7.16. The van der Waals surface area contributed by atoms with E-state index in [9.17, 15) is 9.18 Å². The van der Waals surface area contributed by atoms with E-state index in [0.29, 0.717) is 29.5 Å². The lowest BCUT2D eigenvalue weighted by Gasteiger charge is -2.36. The zero-order valence-electron chi connectivity index (χ0n) is 15.9. The molecule has 7 heteroatoms. The van der Waals surface area contributed by atoms with Crippen LogP contribution < -0.4 is 5.32 Å². The predicted octanol–water partition coefficient (Wildman–Crippen LogP) is 2.51. The Kier molecular flexibility index (Phi) is 6.58. The van der Waals surface area contributed by atoms with Crippen LogP contribution in [0.2, 0.25) is 0 Å². The van der Waals surface area contributed by atoms with Gasteiger partial charge in [-0.05, 0) is 32.5 Å². The fourth-order valence-electron chi connectivity index (χ4n) is 3.25. The number of likely N-dealkylation sites (N-methyl/N-ethyl adjacent to an activating group) is 1. The van der Waals surface area contributed by atoms with Gasteiger partial charge in [0.05, 0.1) is 6.54 Å². The van der Waals surface area contributed by atoms with Crippen LogP contribution in [0.3, 0.4) is 0 Å². The Morgan fingerprint density at radius 2 is 2.04 bits per heavy atom. The average Bonchev–Trinajstić information content (AvgIpc) is 3.14. The second kappa shape index (κ2) is 9.10. The Morgan fingerprint density at radius 3 is 2.78 bits per heavy atom. The van der Waals surface area contributed by atoms with Gasteiger partial charge in [0.2, 0.25) is 5.91 Å². The Morgan fingerprint density at radius 1 is 1.30 bits per heavy atom. The zero-order valence-corrected chi connectivity index (χ0v) is 15.9. The van der Waals surface area contributed by atoms with Crippen molar-refractivity contribution in [2.24, 2.45) is 0 Å². The van der Waals surface area contributed by atoms with Gasteiger partial charge in [0.25, 0.3) is 0 Å². The molecule has 0 bridgehead atoms. The van der Waals surface area contributed by atoms with E-state index in [1.165, 1.54) is 6.07 Å². The van der Waals surface area contributed by atoms with E-state index in [1.807, 2.05) is 0 Å². The third kappa shape index (κ3) is 5.37. The molecule has 0 saturated carbocycles. The van der Waals surface area contributed by atoms with Crippen molar-refractivity contribution >= 4 is 5.91 Å². The number of nitrogens with one attached hydrogen (secondary N) is 1. The number of carbonyl (C=O) groups excluding carboxylic acids is 1. The summed E-state index contributed by atoms with van der Waals surface area (Å²) in [5.74, 6) is 0.146. The summed E-state index contributed by atoms with van der Waals surface area (Å²) in [6, 6.07) is 8.45. The summed E-state index contributed by atoms with van der Waals surface area (Å²) in [4.78, 5) is 16.9. The highest BCUT2D eigenvalue weighted by Gasteiger charge is 2.19. The van der Waals surface area contributed by atoms with Crippen molar-refractivity contribution in [1.29, 1.82) is 0 Å². The molecular formula is C20H27FN4O2. The first-order valence-corrected chi connectivity index (χ1v) is 9.42. The highest BCUT2D eigenvalue weighted by atomic mass is 19.1. The van der Waals surface area contributed by atoms with Crippen molar-refractivity contribution in [2.75, 3.05) is 33.2 Å². The molecule has 1 atom stereocenters. The van der Waals surface area contributed by atoms with Crippen molar-refractivity contribution < 1.29 is 13.7 Å². The number of halogens is 1. The molecule has 1 amide bonds. The van der Waals surface area contributed by atoms with E-state index in [1.54, 1.807) is 24.3 Å². The zero-order chi connectivity index (χ0) is 19.2. The van der Waals surface area contributed by atoms with E-state index in [4.69, 9.17) is 4.52 Å². The fourth-order valence-corrected chi connectivity index (χ4v) is 3.25. The molecule has 1 aromatic carbocycles. The molecule has 1 aliphatic heterocycles. The maximum Gasteiger partial charge on any atom is 0.220 e. The molecule has 0 radical (unpaired) electrons. The van der Waals surface area contributed by atoms with Crippen LogP contribution in [-0.4, -0.2) is 60.1 Å². The first-order chi connectivity index (χ1) is 13.0. The largest absolute Gasteiger partial charge is 0.359 e. The fraction of sp³-hybridized carbons (Fsp3) is 0.500. The topological polar surface area (TPSA) is 61.6 Å². The minimum atomic E-state index is -0.348. The van der Waals surface area contributed by atoms with E-state index in [0.717, 1.165) is 32.6 Å². The lowest BCUT2D eigenvalue weighted by atomic mass is 10.1. The normalized spacial score (nSPS) is 17.0. The van der Waals surface area contributed by atoms with Crippen molar-refractivity contribution in [1.82, 2.24) is 20.3 Å². The monoisotopic (exact) mass is 374 g/mol. The van der Waals surface area contributed by atoms with Gasteiger partial charge in [0, 0.05) is 50.3 Å². The highest BCUT2D eigenvalue weighted by Crippen LogP contribution is 2.22. The molecule has 1 fully saturated rings. The van der Waals surface area contributed by atoms with Crippen LogP contribution in [0.15, 0.2) is 34.9 Å². The summed E-state index contributed by atoms with van der Waals surface area (Å²) in [7, 11) is 2.14. The van der Waals surface area contributed by atoms with Gasteiger partial charge in [-0.3, -0.25) is 9.69 Å². The molecule has 1 N–H and O–H groups in total. The average molecular weight is 374 g/mol. The number of amides is 1. The summed E-state index contributed by atoms with van der Waals surface area (Å²) in [5, 5.41) is 6.74. The summed E-state index contributed by atoms with van der Waals surface area (Å²) in [6.45, 7) is 6.68. The van der Waals surface area contributed by atoms with E-state index >= 15 is 0 Å². The predicted molar refractivity (Wildman–Crippen MR) is 102 cm³/mol. The third-order valence-electron chi connectivity index (χ3n) is 5.12. The number of carbonyl (C=O) groups is 1. The van der Waals surface area contributed by atoms with Crippen LogP contribution in [0, 0.1) is 5.82 Å². The molecule has 1 aromatic heterocycles. The Balaban J connectivity index is 1.42. The van der Waals surface area contributed by atoms with Crippen molar-refractivity contribution in [2.45, 2.75) is 32.4 Å². The first-order valence-electron chi connectivity index (χ1n) is 9.42. The van der Waals surface area contributed by atoms with Crippen molar-refractivity contribution in [3.63, 3.8) is 0 Å². The minimum Gasteiger partial charge on any atom is -0.359 e. The molecule has 146 valence electrons. The van der Waals surface area contributed by atoms with Gasteiger partial charge in [-0.15, -0.1) is 0 Å². The van der Waals surface area contributed by atoms with E-state index in [2.05, 4.69) is 34.2 Å². The van der Waals surface area contributed by atoms with Gasteiger partial charge < -0.3 is 14.7 Å². The SMILES string of the molecule is CC(CCC(=O)NCc1cc(-c2ccccc2F)no1)N1CCN(C)CC1. The summed E-state index contributed by atoms with van der Waals surface area (Å²) in [6.07, 6.45) is 1.30. The first kappa shape index (κ1) is 19.5. The lowest BCUT2D eigenvalue weighted by Crippen LogP contribution is -2.48. The van der Waals surface area contributed by atoms with Crippen LogP contribution in [0.25, 0.3) is 11.3 Å². The standard InChI is InChI=1S/C20H27FN4O2/c1-15(25-11-9-24(2)10-12-25)7-8-20(26)22-14-16-13-19(23-27-16)17-5-3-4-6-18(17)21/h3-6,13,15H,7-12,14H2,1-2H3,(H,22,26). The molecule has 2 aromatic rings. The van der Waals surface area contributed by atoms with Crippen LogP contribution in [0.5, 0.6) is 0 Å². The maximum atomic E-state index is 13.8. The number of hydrogen-bond donors (Lipinski definition) is 1. The molecule has 0 aliphatic carbocycles. The Labute approximate surface area is 159 Å². The van der Waals surface area contributed by atoms with Gasteiger partial charge in [-0.1, -0.05) is 17.3 Å². The highest BCUT2D eigenvalue weighted by molar-refractivity contribution is 5.75. The number of aromatic nitrogens is 1. The summed E-state index contributed by atoms with van der Waals surface area (Å²) >= 11 is 0. The number of piperazine rings is 1. The minimum absolute atomic E-state index is 0.0141. The van der Waals surface area contributed by atoms with Gasteiger partial charge in [-0.2, -0.15) is 0 Å². The molecular weight excluding hydrogens is 347 g/mol. The van der Waals surface area contributed by atoms with Crippen molar-refractivity contribution in [3.8, 4) is 11.3 Å². The van der Waals surface area contributed by atoms with Gasteiger partial charge in [0.1, 0.15) is 11.5 Å². The molecule has 0 spiro atoms. The second-order valence-electron chi connectivity index (χ2n) is 7.16. The van der Waals surface area contributed by atoms with Gasteiger partial charge >= 0.3 is 0 Å². The number of nitrogens with zero attached hydrogens (tertiary/aromatic N) is 3. The van der Waals surface area contributed by atoms with Crippen LogP contribution in [0.1, 0.15) is 25.5 Å². The van der Waals surface area contributed by atoms with E-state index < -0.39 is 0 Å². The van der Waals surface area contributed by atoms with Gasteiger partial charge in [0.15, 0.2) is 5.76 Å². The van der Waals surface area contributed by atoms with Crippen LogP contribution in [0.4, 0.5) is 4.39 Å². The van der Waals surface area contributed by atoms with Gasteiger partial charge in [-0.25, -0.2) is 4.39 Å². The maximum absolute atomic E-state index is 13.8. The molecule has 1 saturated heterocycles. The van der Waals surface area contributed by atoms with Crippen LogP contribution >= 0.6 is 0 Å². The number of hydrogen-bond acceptors (Lipinski definition) is 5. The van der Waals surface area contributed by atoms with Crippen LogP contribution in [-0.2, 0) is 11.3 Å². The molecule has 3 rings (SSSR count). The third-order valence-corrected chi connectivity index (χ3v) is 5.12. The lowest BCUT2D eigenvalue weighted by molar-refractivity contribution is -0.121. The molecule has 1 unspecified atom stereocenters. The molecule has 1 aliphatic rings. The summed E-state index contributed by atoms with van der Waals surface area (Å²) < 4.78 is 19.0. The smallest absolute Gasteiger partial charge is 0.220 e. The molecule has 2 heterocycles. The van der Waals surface area contributed by atoms with Crippen molar-refractivity contribution in [3.05, 3.63) is 41.9 Å². The van der Waals surface area contributed by atoms with E-state index in [-0.39, 0.29) is 18.3 Å². The Bertz CT molecular complexity index is 756. The number of benzene rings is 1. The Hall–Kier alpha value is -2.25.